The fourth-order valence-electron chi connectivity index (χ4n) is 11.5. The average molecular weight is 1070 g/mol. The summed E-state index contributed by atoms with van der Waals surface area (Å²) < 4.78 is 11.8. The van der Waals surface area contributed by atoms with E-state index in [0.29, 0.717) is 56.3 Å². The molecule has 0 aliphatic rings. The van der Waals surface area contributed by atoms with Gasteiger partial charge in [-0.25, -0.2) is 0 Å². The van der Waals surface area contributed by atoms with Crippen molar-refractivity contribution in [1.82, 2.24) is 9.80 Å². The quantitative estimate of drug-likeness (QED) is 0.0446. The van der Waals surface area contributed by atoms with Crippen LogP contribution in [0.1, 0.15) is 369 Å². The molecule has 0 aliphatic carbocycles. The van der Waals surface area contributed by atoms with E-state index in [1.54, 1.807) is 0 Å². The summed E-state index contributed by atoms with van der Waals surface area (Å²) >= 11 is 0. The number of carbonyl (C=O) groups is 3. The van der Waals surface area contributed by atoms with Crippen molar-refractivity contribution in [2.75, 3.05) is 40.4 Å². The Morgan fingerprint density at radius 3 is 0.882 bits per heavy atom. The maximum absolute atomic E-state index is 14.0. The lowest BCUT2D eigenvalue weighted by molar-refractivity contribution is -0.146. The maximum Gasteiger partial charge on any atom is 0.305 e. The SMILES string of the molecule is CCCCCCCCCCC(CCCCCC)COC(=O)CCCCCCCCCC(CCCCCCCCCC(=O)OCC(CCCCCC)CCCCCCCC)N(CCCN(C)C)C(=O)CCCCCCCC. The van der Waals surface area contributed by atoms with Crippen LogP contribution < -0.4 is 0 Å². The largest absolute Gasteiger partial charge is 0.465 e. The normalized spacial score (nSPS) is 12.8. The van der Waals surface area contributed by atoms with Crippen LogP contribution in [0.3, 0.4) is 0 Å². The molecule has 76 heavy (non-hydrogen) atoms. The minimum absolute atomic E-state index is 0.0125. The van der Waals surface area contributed by atoms with Crippen LogP contribution in [0.5, 0.6) is 0 Å². The molecule has 452 valence electrons. The number of hydrogen-bond donors (Lipinski definition) is 0. The molecule has 0 saturated carbocycles. The summed E-state index contributed by atoms with van der Waals surface area (Å²) in [5.74, 6) is 1.48. The van der Waals surface area contributed by atoms with Crippen LogP contribution >= 0.6 is 0 Å². The van der Waals surface area contributed by atoms with E-state index in [4.69, 9.17) is 9.47 Å². The Morgan fingerprint density at radius 1 is 0.303 bits per heavy atom. The van der Waals surface area contributed by atoms with Gasteiger partial charge < -0.3 is 19.3 Å². The van der Waals surface area contributed by atoms with Gasteiger partial charge in [-0.15, -0.1) is 0 Å². The first-order valence-corrected chi connectivity index (χ1v) is 34.5. The molecule has 0 fully saturated rings. The molecule has 0 aromatic carbocycles. The Morgan fingerprint density at radius 2 is 0.566 bits per heavy atom. The molecule has 0 bridgehead atoms. The second kappa shape index (κ2) is 59.5. The highest BCUT2D eigenvalue weighted by molar-refractivity contribution is 5.76. The third kappa shape index (κ3) is 51.8. The van der Waals surface area contributed by atoms with Gasteiger partial charge in [-0.05, 0) is 96.7 Å². The molecule has 0 saturated heterocycles. The van der Waals surface area contributed by atoms with Crippen molar-refractivity contribution in [3.8, 4) is 0 Å². The van der Waals surface area contributed by atoms with E-state index in [0.717, 1.165) is 64.5 Å². The predicted molar refractivity (Wildman–Crippen MR) is 331 cm³/mol. The highest BCUT2D eigenvalue weighted by Gasteiger charge is 2.23. The van der Waals surface area contributed by atoms with Gasteiger partial charge in [0, 0.05) is 31.8 Å². The lowest BCUT2D eigenvalue weighted by atomic mass is 9.95. The van der Waals surface area contributed by atoms with Crippen molar-refractivity contribution in [3.05, 3.63) is 0 Å². The Bertz CT molecular complexity index is 1210. The summed E-state index contributed by atoms with van der Waals surface area (Å²) in [4.78, 5) is 44.2. The summed E-state index contributed by atoms with van der Waals surface area (Å²) in [7, 11) is 4.29. The monoisotopic (exact) mass is 1070 g/mol. The third-order valence-electron chi connectivity index (χ3n) is 16.7. The van der Waals surface area contributed by atoms with Gasteiger partial charge in [0.25, 0.3) is 0 Å². The van der Waals surface area contributed by atoms with Crippen LogP contribution in [-0.2, 0) is 23.9 Å². The number of hydrogen-bond acceptors (Lipinski definition) is 6. The van der Waals surface area contributed by atoms with Crippen molar-refractivity contribution in [1.29, 1.82) is 0 Å². The summed E-state index contributed by atoms with van der Waals surface area (Å²) in [6.07, 6.45) is 62.4. The van der Waals surface area contributed by atoms with E-state index in [2.05, 4.69) is 58.5 Å². The Balaban J connectivity index is 4.94. The van der Waals surface area contributed by atoms with Gasteiger partial charge in [-0.2, -0.15) is 0 Å². The zero-order valence-electron chi connectivity index (χ0n) is 52.8. The minimum atomic E-state index is 0.0125. The number of ether oxygens (including phenoxy) is 2. The summed E-state index contributed by atoms with van der Waals surface area (Å²) in [6, 6.07) is 0.338. The molecule has 0 radical (unpaired) electrons. The zero-order valence-corrected chi connectivity index (χ0v) is 52.8. The van der Waals surface area contributed by atoms with E-state index >= 15 is 0 Å². The molecule has 7 nitrogen and oxygen atoms in total. The molecular weight excluding hydrogens is 937 g/mol. The maximum atomic E-state index is 14.0. The molecular formula is C69H136N2O5. The summed E-state index contributed by atoms with van der Waals surface area (Å²) in [6.45, 7) is 14.5. The average Bonchev–Trinajstić information content (AvgIpc) is 3.41. The van der Waals surface area contributed by atoms with Gasteiger partial charge >= 0.3 is 11.9 Å². The fraction of sp³-hybridized carbons (Fsp3) is 0.957. The van der Waals surface area contributed by atoms with Gasteiger partial charge in [-0.1, -0.05) is 285 Å². The van der Waals surface area contributed by atoms with Crippen molar-refractivity contribution in [3.63, 3.8) is 0 Å². The molecule has 0 aliphatic heterocycles. The van der Waals surface area contributed by atoms with Gasteiger partial charge in [0.05, 0.1) is 13.2 Å². The second-order valence-corrected chi connectivity index (χ2v) is 24.6. The van der Waals surface area contributed by atoms with Crippen LogP contribution in [0, 0.1) is 11.8 Å². The lowest BCUT2D eigenvalue weighted by Crippen LogP contribution is -2.41. The van der Waals surface area contributed by atoms with E-state index < -0.39 is 0 Å². The first-order chi connectivity index (χ1) is 37.2. The van der Waals surface area contributed by atoms with Crippen LogP contribution in [-0.4, -0.2) is 74.1 Å². The van der Waals surface area contributed by atoms with E-state index in [-0.39, 0.29) is 11.9 Å². The summed E-state index contributed by atoms with van der Waals surface area (Å²) in [5, 5.41) is 0. The number of unbranched alkanes of at least 4 members (excludes halogenated alkanes) is 35. The molecule has 0 aromatic rings. The highest BCUT2D eigenvalue weighted by Crippen LogP contribution is 2.24. The van der Waals surface area contributed by atoms with Crippen molar-refractivity contribution in [2.24, 2.45) is 11.8 Å². The third-order valence-corrected chi connectivity index (χ3v) is 16.7. The molecule has 0 aromatic heterocycles. The van der Waals surface area contributed by atoms with Gasteiger partial charge in [0.1, 0.15) is 0 Å². The zero-order chi connectivity index (χ0) is 55.6. The smallest absolute Gasteiger partial charge is 0.305 e. The van der Waals surface area contributed by atoms with Gasteiger partial charge in [0.15, 0.2) is 0 Å². The van der Waals surface area contributed by atoms with Crippen molar-refractivity contribution < 1.29 is 23.9 Å². The van der Waals surface area contributed by atoms with Crippen molar-refractivity contribution >= 4 is 17.8 Å². The number of amides is 1. The van der Waals surface area contributed by atoms with Crippen LogP contribution in [0.4, 0.5) is 0 Å². The molecule has 1 amide bonds. The summed E-state index contributed by atoms with van der Waals surface area (Å²) in [5.41, 5.74) is 0. The first kappa shape index (κ1) is 74.4. The highest BCUT2D eigenvalue weighted by atomic mass is 16.5. The Kier molecular flexibility index (Phi) is 58.2. The molecule has 0 rings (SSSR count). The van der Waals surface area contributed by atoms with Crippen LogP contribution in [0.2, 0.25) is 0 Å². The predicted octanol–water partition coefficient (Wildman–Crippen LogP) is 21.4. The number of rotatable bonds is 62. The molecule has 3 unspecified atom stereocenters. The second-order valence-electron chi connectivity index (χ2n) is 24.6. The molecule has 7 heteroatoms. The number of carbonyl (C=O) groups excluding carboxylic acids is 3. The van der Waals surface area contributed by atoms with Crippen molar-refractivity contribution in [2.45, 2.75) is 375 Å². The standard InChI is InChI=1S/C69H136N2O5/c1-8-13-18-23-26-29-35-44-54-65(52-42-22-17-12-5)63-76-69(74)59-49-40-33-28-31-37-46-56-66(71(61-50-60-70(6)7)67(72)57-47-38-25-20-15-10-3)55-45-36-30-27-32-39-48-58-68(73)75-62-64(51-41-21-16-11-4)53-43-34-24-19-14-9-2/h64-66H,8-63H2,1-7H3. The van der Waals surface area contributed by atoms with E-state index in [1.807, 2.05) is 0 Å². The van der Waals surface area contributed by atoms with Gasteiger partial charge in [0.2, 0.25) is 5.91 Å². The molecule has 3 atom stereocenters. The van der Waals surface area contributed by atoms with Crippen LogP contribution in [0.25, 0.3) is 0 Å². The minimum Gasteiger partial charge on any atom is -0.465 e. The molecule has 0 heterocycles. The topological polar surface area (TPSA) is 76.2 Å². The van der Waals surface area contributed by atoms with E-state index in [9.17, 15) is 14.4 Å². The van der Waals surface area contributed by atoms with Gasteiger partial charge in [-0.3, -0.25) is 14.4 Å². The number of nitrogens with zero attached hydrogens (tertiary/aromatic N) is 2. The molecule has 0 spiro atoms. The Labute approximate surface area is 476 Å². The lowest BCUT2D eigenvalue weighted by Gasteiger charge is -2.33. The molecule has 0 N–H and O–H groups in total. The van der Waals surface area contributed by atoms with Crippen LogP contribution in [0.15, 0.2) is 0 Å². The van der Waals surface area contributed by atoms with E-state index in [1.165, 1.54) is 263 Å². The Hall–Kier alpha value is -1.63. The first-order valence-electron chi connectivity index (χ1n) is 34.5. The fourth-order valence-corrected chi connectivity index (χ4v) is 11.5. The number of esters is 2.